The van der Waals surface area contributed by atoms with Gasteiger partial charge in [-0.3, -0.25) is 19.6 Å². The standard InChI is InChI=1S/C33H42O6/c1-20(2)14-15-23-19-32(17-16-21(3)4)28-24(18-25(39-37)31(7,8)38-28)27(35)33(29(32)36,30(23,5)6)26(34)22-12-10-9-11-13-22/h9-14,16,23,25,37H,15,17-19H2,1-8H3/t23-,25?,32+,33-/m0/s1. The van der Waals surface area contributed by atoms with Crippen LogP contribution in [0.3, 0.4) is 0 Å². The van der Waals surface area contributed by atoms with Gasteiger partial charge < -0.3 is 4.74 Å². The quantitative estimate of drug-likeness (QED) is 0.132. The molecule has 0 spiro atoms. The Kier molecular flexibility index (Phi) is 7.46. The van der Waals surface area contributed by atoms with Crippen LogP contribution in [0.1, 0.15) is 91.4 Å². The van der Waals surface area contributed by atoms with Crippen LogP contribution in [-0.4, -0.2) is 34.3 Å². The lowest BCUT2D eigenvalue weighted by Gasteiger charge is -2.61. The third kappa shape index (κ3) is 4.27. The van der Waals surface area contributed by atoms with Crippen LogP contribution in [0.15, 0.2) is 65.0 Å². The molecule has 6 heteroatoms. The molecule has 1 aromatic rings. The molecule has 3 aliphatic rings. The van der Waals surface area contributed by atoms with Crippen LogP contribution < -0.4 is 0 Å². The van der Waals surface area contributed by atoms with Crippen LogP contribution >= 0.6 is 0 Å². The predicted octanol–water partition coefficient (Wildman–Crippen LogP) is 7.06. The van der Waals surface area contributed by atoms with E-state index in [4.69, 9.17) is 9.62 Å². The Hall–Kier alpha value is -2.83. The topological polar surface area (TPSA) is 89.9 Å². The number of benzene rings is 1. The first-order valence-electron chi connectivity index (χ1n) is 13.9. The minimum absolute atomic E-state index is 0.0556. The highest BCUT2D eigenvalue weighted by Crippen LogP contribution is 2.67. The normalized spacial score (nSPS) is 30.7. The molecule has 2 aliphatic carbocycles. The lowest BCUT2D eigenvalue weighted by molar-refractivity contribution is -0.317. The van der Waals surface area contributed by atoms with Crippen LogP contribution in [0.4, 0.5) is 0 Å². The van der Waals surface area contributed by atoms with Gasteiger partial charge in [0.2, 0.25) is 0 Å². The Morgan fingerprint density at radius 2 is 1.64 bits per heavy atom. The molecule has 0 amide bonds. The van der Waals surface area contributed by atoms with Crippen LogP contribution in [-0.2, 0) is 19.2 Å². The molecular weight excluding hydrogens is 492 g/mol. The number of carbonyl (C=O) groups excluding carboxylic acids is 3. The third-order valence-corrected chi connectivity index (χ3v) is 9.38. The van der Waals surface area contributed by atoms with Crippen molar-refractivity contribution >= 4 is 17.3 Å². The first-order valence-corrected chi connectivity index (χ1v) is 13.9. The highest BCUT2D eigenvalue weighted by atomic mass is 17.1. The summed E-state index contributed by atoms with van der Waals surface area (Å²) < 4.78 is 6.51. The molecule has 1 unspecified atom stereocenters. The first kappa shape index (κ1) is 29.2. The minimum Gasteiger partial charge on any atom is -0.488 e. The van der Waals surface area contributed by atoms with E-state index in [9.17, 15) is 14.8 Å². The SMILES string of the molecule is CC(C)=CC[C@H]1C[C@@]2(CC=C(C)C)C(=O)[C@](C(=O)c3ccccc3)(C(=O)C3=C2OC(C)(C)C(OO)C3)C1(C)C. The van der Waals surface area contributed by atoms with E-state index in [0.717, 1.165) is 11.1 Å². The molecule has 4 atom stereocenters. The molecular formula is C33H42O6. The number of ketones is 3. The molecule has 1 aromatic carbocycles. The van der Waals surface area contributed by atoms with Crippen molar-refractivity contribution in [2.75, 3.05) is 0 Å². The van der Waals surface area contributed by atoms with Crippen LogP contribution in [0.25, 0.3) is 0 Å². The maximum absolute atomic E-state index is 15.1. The molecule has 6 nitrogen and oxygen atoms in total. The van der Waals surface area contributed by atoms with E-state index in [-0.39, 0.29) is 23.7 Å². The molecule has 210 valence electrons. The van der Waals surface area contributed by atoms with Gasteiger partial charge in [0.25, 0.3) is 0 Å². The molecule has 4 rings (SSSR count). The second kappa shape index (κ2) is 9.97. The fourth-order valence-corrected chi connectivity index (χ4v) is 6.91. The van der Waals surface area contributed by atoms with E-state index in [0.29, 0.717) is 30.6 Å². The number of ether oxygens (including phenoxy) is 1. The molecule has 0 saturated heterocycles. The van der Waals surface area contributed by atoms with Gasteiger partial charge in [-0.25, -0.2) is 4.89 Å². The van der Waals surface area contributed by atoms with Gasteiger partial charge in [0.1, 0.15) is 17.5 Å². The van der Waals surface area contributed by atoms with Gasteiger partial charge in [0, 0.05) is 17.6 Å². The van der Waals surface area contributed by atoms with E-state index in [2.05, 4.69) is 6.08 Å². The largest absolute Gasteiger partial charge is 0.488 e. The van der Waals surface area contributed by atoms with Crippen molar-refractivity contribution in [1.29, 1.82) is 0 Å². The number of fused-ring (bicyclic) bond motifs is 3. The van der Waals surface area contributed by atoms with Crippen molar-refractivity contribution in [3.8, 4) is 0 Å². The number of carbonyl (C=O) groups is 3. The summed E-state index contributed by atoms with van der Waals surface area (Å²) in [4.78, 5) is 49.4. The number of hydrogen-bond donors (Lipinski definition) is 1. The Balaban J connectivity index is 2.10. The van der Waals surface area contributed by atoms with Gasteiger partial charge in [-0.1, -0.05) is 67.5 Å². The zero-order valence-electron chi connectivity index (χ0n) is 24.5. The van der Waals surface area contributed by atoms with Crippen molar-refractivity contribution < 1.29 is 29.3 Å². The maximum Gasteiger partial charge on any atom is 0.184 e. The van der Waals surface area contributed by atoms with Gasteiger partial charge in [-0.15, -0.1) is 0 Å². The Morgan fingerprint density at radius 1 is 1.03 bits per heavy atom. The van der Waals surface area contributed by atoms with E-state index >= 15 is 4.79 Å². The molecule has 2 bridgehead atoms. The summed E-state index contributed by atoms with van der Waals surface area (Å²) in [6.45, 7) is 15.4. The van der Waals surface area contributed by atoms with Crippen LogP contribution in [0, 0.1) is 22.2 Å². The van der Waals surface area contributed by atoms with Crippen molar-refractivity contribution in [3.05, 3.63) is 70.5 Å². The van der Waals surface area contributed by atoms with Crippen molar-refractivity contribution in [2.24, 2.45) is 22.2 Å². The van der Waals surface area contributed by atoms with Gasteiger partial charge in [-0.2, -0.15) is 0 Å². The molecule has 1 aliphatic heterocycles. The lowest BCUT2D eigenvalue weighted by atomic mass is 9.39. The Labute approximate surface area is 232 Å². The van der Waals surface area contributed by atoms with Gasteiger partial charge >= 0.3 is 0 Å². The molecule has 1 fully saturated rings. The van der Waals surface area contributed by atoms with Crippen LogP contribution in [0.2, 0.25) is 0 Å². The van der Waals surface area contributed by atoms with Gasteiger partial charge in [-0.05, 0) is 72.1 Å². The fraction of sp³-hybridized carbons (Fsp3) is 0.545. The fourth-order valence-electron chi connectivity index (χ4n) is 6.91. The zero-order chi connectivity index (χ0) is 29.0. The third-order valence-electron chi connectivity index (χ3n) is 9.38. The molecule has 1 heterocycles. The summed E-state index contributed by atoms with van der Waals surface area (Å²) in [7, 11) is 0. The highest BCUT2D eigenvalue weighted by Gasteiger charge is 2.76. The van der Waals surface area contributed by atoms with Gasteiger partial charge in [0.05, 0.1) is 5.41 Å². The first-order chi connectivity index (χ1) is 18.2. The Morgan fingerprint density at radius 3 is 2.21 bits per heavy atom. The smallest absolute Gasteiger partial charge is 0.184 e. The summed E-state index contributed by atoms with van der Waals surface area (Å²) in [5, 5.41) is 9.75. The zero-order valence-corrected chi connectivity index (χ0v) is 24.5. The number of rotatable bonds is 7. The van der Waals surface area contributed by atoms with E-state index < -0.39 is 39.5 Å². The van der Waals surface area contributed by atoms with E-state index in [1.807, 2.05) is 53.7 Å². The summed E-state index contributed by atoms with van der Waals surface area (Å²) in [5.74, 6) is -1.16. The van der Waals surface area contributed by atoms with Crippen molar-refractivity contribution in [2.45, 2.75) is 92.8 Å². The van der Waals surface area contributed by atoms with Crippen molar-refractivity contribution in [1.82, 2.24) is 0 Å². The van der Waals surface area contributed by atoms with Crippen molar-refractivity contribution in [3.63, 3.8) is 0 Å². The van der Waals surface area contributed by atoms with Gasteiger partial charge in [0.15, 0.2) is 22.8 Å². The summed E-state index contributed by atoms with van der Waals surface area (Å²) in [6, 6.07) is 8.66. The number of allylic oxidation sites excluding steroid dienone is 5. The summed E-state index contributed by atoms with van der Waals surface area (Å²) >= 11 is 0. The summed E-state index contributed by atoms with van der Waals surface area (Å²) in [6.07, 6.45) is 4.77. The molecule has 0 radical (unpaired) electrons. The lowest BCUT2D eigenvalue weighted by Crippen LogP contribution is -2.71. The monoisotopic (exact) mass is 534 g/mol. The average Bonchev–Trinajstić information content (AvgIpc) is 2.86. The second-order valence-corrected chi connectivity index (χ2v) is 13.1. The second-order valence-electron chi connectivity index (χ2n) is 13.1. The van der Waals surface area contributed by atoms with E-state index in [1.54, 1.807) is 38.1 Å². The summed E-state index contributed by atoms with van der Waals surface area (Å²) in [5.41, 5.74) is -2.32. The maximum atomic E-state index is 15.1. The van der Waals surface area contributed by atoms with Crippen LogP contribution in [0.5, 0.6) is 0 Å². The average molecular weight is 535 g/mol. The Bertz CT molecular complexity index is 1270. The number of Topliss-reactive ketones (excluding diaryl/α,β-unsaturated/α-hetero) is 3. The number of hydrogen-bond acceptors (Lipinski definition) is 6. The molecule has 1 saturated carbocycles. The molecule has 1 N–H and O–H groups in total. The highest BCUT2D eigenvalue weighted by molar-refractivity contribution is 6.36. The molecule has 39 heavy (non-hydrogen) atoms. The van der Waals surface area contributed by atoms with E-state index in [1.165, 1.54) is 0 Å². The predicted molar refractivity (Wildman–Crippen MR) is 150 cm³/mol. The molecule has 0 aromatic heterocycles. The minimum atomic E-state index is -1.94.